The van der Waals surface area contributed by atoms with Gasteiger partial charge in [-0.05, 0) is 12.1 Å². The molecule has 0 radical (unpaired) electrons. The average Bonchev–Trinajstić information content (AvgIpc) is 2.83. The molecule has 0 fully saturated rings. The number of nitrogens with zero attached hydrogens (tertiary/aromatic N) is 4. The SMILES string of the molecule is c1ccc2c(c1)oc1nc3ncncc3n12. The lowest BCUT2D eigenvalue weighted by Crippen LogP contribution is -1.82. The van der Waals surface area contributed by atoms with Crippen LogP contribution >= 0.6 is 0 Å². The van der Waals surface area contributed by atoms with Gasteiger partial charge < -0.3 is 4.42 Å². The monoisotopic (exact) mass is 210 g/mol. The summed E-state index contributed by atoms with van der Waals surface area (Å²) in [5, 5.41) is 0. The predicted molar refractivity (Wildman–Crippen MR) is 58.1 cm³/mol. The number of imidazole rings is 1. The first-order valence-electron chi connectivity index (χ1n) is 4.89. The average molecular weight is 210 g/mol. The van der Waals surface area contributed by atoms with Gasteiger partial charge in [-0.25, -0.2) is 9.97 Å². The largest absolute Gasteiger partial charge is 0.423 e. The zero-order chi connectivity index (χ0) is 10.5. The fraction of sp³-hybridized carbons (Fsp3) is 0. The number of fused-ring (bicyclic) bond motifs is 5. The summed E-state index contributed by atoms with van der Waals surface area (Å²) in [6.45, 7) is 0. The zero-order valence-electron chi connectivity index (χ0n) is 8.16. The lowest BCUT2D eigenvalue weighted by atomic mass is 10.3. The summed E-state index contributed by atoms with van der Waals surface area (Å²) in [6, 6.07) is 7.80. The molecule has 4 rings (SSSR count). The fourth-order valence-corrected chi connectivity index (χ4v) is 1.93. The zero-order valence-corrected chi connectivity index (χ0v) is 8.16. The van der Waals surface area contributed by atoms with E-state index < -0.39 is 0 Å². The third kappa shape index (κ3) is 0.826. The van der Waals surface area contributed by atoms with Gasteiger partial charge in [-0.1, -0.05) is 12.1 Å². The summed E-state index contributed by atoms with van der Waals surface area (Å²) in [5.74, 6) is 0.553. The molecule has 5 heteroatoms. The van der Waals surface area contributed by atoms with Gasteiger partial charge in [0, 0.05) is 0 Å². The number of aromatic nitrogens is 4. The Balaban J connectivity index is 2.38. The lowest BCUT2D eigenvalue weighted by Gasteiger charge is -1.90. The molecule has 0 aliphatic rings. The van der Waals surface area contributed by atoms with Gasteiger partial charge >= 0.3 is 5.84 Å². The van der Waals surface area contributed by atoms with E-state index in [0.29, 0.717) is 11.5 Å². The second-order valence-electron chi connectivity index (χ2n) is 3.53. The van der Waals surface area contributed by atoms with Crippen LogP contribution in [0.2, 0.25) is 0 Å². The Morgan fingerprint density at radius 1 is 1.12 bits per heavy atom. The Morgan fingerprint density at radius 3 is 3.06 bits per heavy atom. The van der Waals surface area contributed by atoms with Crippen LogP contribution in [0, 0.1) is 0 Å². The minimum Gasteiger partial charge on any atom is -0.423 e. The Bertz CT molecular complexity index is 749. The van der Waals surface area contributed by atoms with Crippen LogP contribution in [0.15, 0.2) is 41.2 Å². The molecular formula is C11H6N4O. The van der Waals surface area contributed by atoms with Crippen molar-refractivity contribution in [1.29, 1.82) is 0 Å². The smallest absolute Gasteiger partial charge is 0.309 e. The molecular weight excluding hydrogens is 204 g/mol. The lowest BCUT2D eigenvalue weighted by molar-refractivity contribution is 0.643. The molecule has 76 valence electrons. The van der Waals surface area contributed by atoms with E-state index >= 15 is 0 Å². The number of hydrogen-bond donors (Lipinski definition) is 0. The van der Waals surface area contributed by atoms with E-state index in [1.165, 1.54) is 6.33 Å². The van der Waals surface area contributed by atoms with Crippen LogP contribution in [0.1, 0.15) is 0 Å². The van der Waals surface area contributed by atoms with Crippen molar-refractivity contribution in [1.82, 2.24) is 19.4 Å². The quantitative estimate of drug-likeness (QED) is 0.445. The van der Waals surface area contributed by atoms with E-state index in [1.54, 1.807) is 6.20 Å². The van der Waals surface area contributed by atoms with Crippen molar-refractivity contribution in [3.63, 3.8) is 0 Å². The van der Waals surface area contributed by atoms with Crippen molar-refractivity contribution >= 4 is 28.1 Å². The molecule has 0 saturated carbocycles. The third-order valence-corrected chi connectivity index (χ3v) is 2.61. The van der Waals surface area contributed by atoms with Gasteiger partial charge in [0.25, 0.3) is 0 Å². The second kappa shape index (κ2) is 2.57. The summed E-state index contributed by atoms with van der Waals surface area (Å²) in [7, 11) is 0. The molecule has 0 bridgehead atoms. The van der Waals surface area contributed by atoms with Crippen molar-refractivity contribution < 1.29 is 4.42 Å². The summed E-state index contributed by atoms with van der Waals surface area (Å²) in [6.07, 6.45) is 3.22. The van der Waals surface area contributed by atoms with Crippen molar-refractivity contribution in [2.75, 3.05) is 0 Å². The van der Waals surface area contributed by atoms with Crippen molar-refractivity contribution in [2.24, 2.45) is 0 Å². The molecule has 3 aromatic heterocycles. The van der Waals surface area contributed by atoms with E-state index in [9.17, 15) is 0 Å². The Labute approximate surface area is 89.4 Å². The number of hydrogen-bond acceptors (Lipinski definition) is 4. The maximum Gasteiger partial charge on any atom is 0.309 e. The number of oxazole rings is 1. The fourth-order valence-electron chi connectivity index (χ4n) is 1.93. The van der Waals surface area contributed by atoms with Gasteiger partial charge in [-0.2, -0.15) is 4.98 Å². The van der Waals surface area contributed by atoms with E-state index in [0.717, 1.165) is 16.6 Å². The highest BCUT2D eigenvalue weighted by Crippen LogP contribution is 2.23. The molecule has 0 spiro atoms. The van der Waals surface area contributed by atoms with Gasteiger partial charge in [0.15, 0.2) is 11.2 Å². The molecule has 0 aliphatic carbocycles. The molecule has 4 aromatic rings. The summed E-state index contributed by atoms with van der Waals surface area (Å²) in [5.41, 5.74) is 3.31. The first kappa shape index (κ1) is 7.81. The minimum atomic E-state index is 0.553. The van der Waals surface area contributed by atoms with Crippen LogP contribution in [0.5, 0.6) is 0 Å². The molecule has 0 amide bonds. The van der Waals surface area contributed by atoms with Crippen LogP contribution < -0.4 is 0 Å². The van der Waals surface area contributed by atoms with E-state index in [-0.39, 0.29) is 0 Å². The van der Waals surface area contributed by atoms with Crippen LogP contribution in [0.3, 0.4) is 0 Å². The highest BCUT2D eigenvalue weighted by Gasteiger charge is 2.12. The highest BCUT2D eigenvalue weighted by atomic mass is 16.4. The first-order chi connectivity index (χ1) is 7.93. The van der Waals surface area contributed by atoms with Crippen molar-refractivity contribution in [3.05, 3.63) is 36.8 Å². The molecule has 16 heavy (non-hydrogen) atoms. The van der Waals surface area contributed by atoms with E-state index in [1.807, 2.05) is 28.7 Å². The number of rotatable bonds is 0. The third-order valence-electron chi connectivity index (χ3n) is 2.61. The van der Waals surface area contributed by atoms with E-state index in [4.69, 9.17) is 4.42 Å². The molecule has 3 heterocycles. The minimum absolute atomic E-state index is 0.553. The molecule has 1 aromatic carbocycles. The standard InChI is InChI=1S/C11H6N4O/c1-2-4-9-7(3-1)15-8-5-12-6-13-10(8)14-11(15)16-9/h1-6H. The van der Waals surface area contributed by atoms with Crippen LogP contribution in [-0.2, 0) is 0 Å². The van der Waals surface area contributed by atoms with Crippen LogP contribution in [0.4, 0.5) is 0 Å². The predicted octanol–water partition coefficient (Wildman–Crippen LogP) is 2.02. The Kier molecular flexibility index (Phi) is 1.26. The van der Waals surface area contributed by atoms with Gasteiger partial charge in [0.05, 0.1) is 11.7 Å². The topological polar surface area (TPSA) is 56.2 Å². The molecule has 0 unspecified atom stereocenters. The summed E-state index contributed by atoms with van der Waals surface area (Å²) in [4.78, 5) is 12.4. The normalized spacial score (nSPS) is 11.8. The van der Waals surface area contributed by atoms with Gasteiger partial charge in [0.1, 0.15) is 11.8 Å². The molecule has 5 nitrogen and oxygen atoms in total. The number of para-hydroxylation sites is 2. The molecule has 0 saturated heterocycles. The molecule has 0 aliphatic heterocycles. The summed E-state index contributed by atoms with van der Waals surface area (Å²) >= 11 is 0. The van der Waals surface area contributed by atoms with Crippen molar-refractivity contribution in [3.8, 4) is 0 Å². The van der Waals surface area contributed by atoms with Crippen LogP contribution in [0.25, 0.3) is 28.1 Å². The molecule has 0 N–H and O–H groups in total. The Morgan fingerprint density at radius 2 is 2.06 bits per heavy atom. The first-order valence-corrected chi connectivity index (χ1v) is 4.89. The van der Waals surface area contributed by atoms with Gasteiger partial charge in [0.2, 0.25) is 0 Å². The maximum absolute atomic E-state index is 5.62. The van der Waals surface area contributed by atoms with Crippen molar-refractivity contribution in [2.45, 2.75) is 0 Å². The van der Waals surface area contributed by atoms with Crippen LogP contribution in [-0.4, -0.2) is 19.4 Å². The van der Waals surface area contributed by atoms with Gasteiger partial charge in [-0.15, -0.1) is 0 Å². The van der Waals surface area contributed by atoms with Gasteiger partial charge in [-0.3, -0.25) is 4.40 Å². The number of benzene rings is 1. The molecule has 0 atom stereocenters. The van der Waals surface area contributed by atoms with E-state index in [2.05, 4.69) is 15.0 Å². The second-order valence-corrected chi connectivity index (χ2v) is 3.53. The Hall–Kier alpha value is -2.43. The highest BCUT2D eigenvalue weighted by molar-refractivity contribution is 5.85. The summed E-state index contributed by atoms with van der Waals surface area (Å²) < 4.78 is 7.54. The maximum atomic E-state index is 5.62.